The Bertz CT molecular complexity index is 523. The number of aromatic nitrogens is 3. The minimum absolute atomic E-state index is 0.695. The van der Waals surface area contributed by atoms with Crippen molar-refractivity contribution >= 4 is 23.0 Å². The molecule has 0 saturated heterocycles. The summed E-state index contributed by atoms with van der Waals surface area (Å²) in [5.74, 6) is 2.43. The first kappa shape index (κ1) is 12.8. The van der Waals surface area contributed by atoms with Gasteiger partial charge in [-0.1, -0.05) is 0 Å². The van der Waals surface area contributed by atoms with Crippen molar-refractivity contribution in [3.8, 4) is 0 Å². The zero-order valence-corrected chi connectivity index (χ0v) is 11.6. The minimum atomic E-state index is 0.695. The van der Waals surface area contributed by atoms with Crippen LogP contribution in [-0.2, 0) is 6.54 Å². The van der Waals surface area contributed by atoms with E-state index < -0.39 is 0 Å². The van der Waals surface area contributed by atoms with Crippen LogP contribution in [0.2, 0.25) is 0 Å². The summed E-state index contributed by atoms with van der Waals surface area (Å²) in [5, 5.41) is 7.52. The predicted molar refractivity (Wildman–Crippen MR) is 75.1 cm³/mol. The van der Waals surface area contributed by atoms with Gasteiger partial charge in [-0.05, 0) is 20.8 Å². The topological polar surface area (TPSA) is 62.7 Å². The molecule has 0 radical (unpaired) electrons. The highest BCUT2D eigenvalue weighted by molar-refractivity contribution is 7.11. The van der Waals surface area contributed by atoms with Gasteiger partial charge in [-0.3, -0.25) is 0 Å². The van der Waals surface area contributed by atoms with Gasteiger partial charge in [-0.25, -0.2) is 15.0 Å². The van der Waals surface area contributed by atoms with E-state index >= 15 is 0 Å². The zero-order chi connectivity index (χ0) is 13.0. The smallest absolute Gasteiger partial charge is 0.132 e. The first-order chi connectivity index (χ1) is 8.67. The van der Waals surface area contributed by atoms with E-state index in [0.29, 0.717) is 6.54 Å². The van der Waals surface area contributed by atoms with Gasteiger partial charge in [0.25, 0.3) is 0 Å². The molecule has 2 heterocycles. The Kier molecular flexibility index (Phi) is 4.09. The lowest BCUT2D eigenvalue weighted by Gasteiger charge is -2.08. The number of aryl methyl sites for hydroxylation is 2. The largest absolute Gasteiger partial charge is 0.370 e. The number of nitrogens with zero attached hydrogens (tertiary/aromatic N) is 3. The van der Waals surface area contributed by atoms with Crippen molar-refractivity contribution in [2.45, 2.75) is 27.3 Å². The predicted octanol–water partition coefficient (Wildman–Crippen LogP) is 2.59. The molecule has 2 aromatic rings. The van der Waals surface area contributed by atoms with Gasteiger partial charge in [0.1, 0.15) is 22.5 Å². The summed E-state index contributed by atoms with van der Waals surface area (Å²) in [6, 6.07) is 1.91. The number of hydrogen-bond acceptors (Lipinski definition) is 6. The van der Waals surface area contributed by atoms with E-state index in [1.807, 2.05) is 26.1 Å². The summed E-state index contributed by atoms with van der Waals surface area (Å²) < 4.78 is 0. The maximum Gasteiger partial charge on any atom is 0.132 e. The Morgan fingerprint density at radius 3 is 2.50 bits per heavy atom. The van der Waals surface area contributed by atoms with Gasteiger partial charge < -0.3 is 10.6 Å². The van der Waals surface area contributed by atoms with Crippen molar-refractivity contribution in [3.05, 3.63) is 28.0 Å². The average molecular weight is 263 g/mol. The molecule has 0 amide bonds. The van der Waals surface area contributed by atoms with Crippen LogP contribution in [0.5, 0.6) is 0 Å². The van der Waals surface area contributed by atoms with E-state index in [-0.39, 0.29) is 0 Å². The second-order valence-corrected chi connectivity index (χ2v) is 5.25. The SMILES string of the molecule is CCNc1cc(NCc2ncc(C)s2)nc(C)n1. The standard InChI is InChI=1S/C12H17N5S/c1-4-13-10-5-11(17-9(3)16-10)14-7-12-15-6-8(2)18-12/h5-6H,4,7H2,1-3H3,(H2,13,14,16,17). The van der Waals surface area contributed by atoms with E-state index in [9.17, 15) is 0 Å². The van der Waals surface area contributed by atoms with Crippen LogP contribution in [0.25, 0.3) is 0 Å². The summed E-state index contributed by atoms with van der Waals surface area (Å²) >= 11 is 1.69. The van der Waals surface area contributed by atoms with Crippen molar-refractivity contribution < 1.29 is 0 Å². The summed E-state index contributed by atoms with van der Waals surface area (Å²) in [5.41, 5.74) is 0. The molecule has 5 nitrogen and oxygen atoms in total. The van der Waals surface area contributed by atoms with Crippen LogP contribution in [0.4, 0.5) is 11.6 Å². The Morgan fingerprint density at radius 2 is 1.89 bits per heavy atom. The van der Waals surface area contributed by atoms with Crippen LogP contribution in [-0.4, -0.2) is 21.5 Å². The van der Waals surface area contributed by atoms with E-state index in [1.54, 1.807) is 11.3 Å². The van der Waals surface area contributed by atoms with E-state index in [1.165, 1.54) is 4.88 Å². The van der Waals surface area contributed by atoms with Crippen LogP contribution in [0, 0.1) is 13.8 Å². The monoisotopic (exact) mass is 263 g/mol. The molecule has 0 aliphatic heterocycles. The normalized spacial score (nSPS) is 10.4. The maximum atomic E-state index is 4.35. The fourth-order valence-corrected chi connectivity index (χ4v) is 2.31. The highest BCUT2D eigenvalue weighted by Gasteiger charge is 2.03. The summed E-state index contributed by atoms with van der Waals surface area (Å²) in [6.07, 6.45) is 1.89. The average Bonchev–Trinajstić information content (AvgIpc) is 2.72. The molecule has 2 aromatic heterocycles. The first-order valence-electron chi connectivity index (χ1n) is 5.92. The van der Waals surface area contributed by atoms with Crippen LogP contribution in [0.3, 0.4) is 0 Å². The maximum absolute atomic E-state index is 4.35. The number of thiazole rings is 1. The molecule has 0 aliphatic carbocycles. The van der Waals surface area contributed by atoms with Crippen molar-refractivity contribution in [2.24, 2.45) is 0 Å². The summed E-state index contributed by atoms with van der Waals surface area (Å²) in [6.45, 7) is 7.53. The van der Waals surface area contributed by atoms with Gasteiger partial charge in [0.2, 0.25) is 0 Å². The molecule has 96 valence electrons. The van der Waals surface area contributed by atoms with E-state index in [2.05, 4.69) is 32.5 Å². The van der Waals surface area contributed by atoms with Crippen molar-refractivity contribution in [3.63, 3.8) is 0 Å². The van der Waals surface area contributed by atoms with Gasteiger partial charge in [0.05, 0.1) is 6.54 Å². The zero-order valence-electron chi connectivity index (χ0n) is 10.8. The Morgan fingerprint density at radius 1 is 1.17 bits per heavy atom. The van der Waals surface area contributed by atoms with Crippen LogP contribution >= 0.6 is 11.3 Å². The van der Waals surface area contributed by atoms with Crippen LogP contribution < -0.4 is 10.6 Å². The van der Waals surface area contributed by atoms with Crippen molar-refractivity contribution in [2.75, 3.05) is 17.2 Å². The highest BCUT2D eigenvalue weighted by Crippen LogP contribution is 2.15. The van der Waals surface area contributed by atoms with Crippen molar-refractivity contribution in [1.82, 2.24) is 15.0 Å². The third-order valence-corrected chi connectivity index (χ3v) is 3.20. The lowest BCUT2D eigenvalue weighted by Crippen LogP contribution is -2.06. The molecule has 0 saturated carbocycles. The second-order valence-electron chi connectivity index (χ2n) is 3.93. The molecule has 2 N–H and O–H groups in total. The molecule has 0 aromatic carbocycles. The number of rotatable bonds is 5. The quantitative estimate of drug-likeness (QED) is 0.868. The van der Waals surface area contributed by atoms with Gasteiger partial charge in [0.15, 0.2) is 0 Å². The molecule has 0 bridgehead atoms. The van der Waals surface area contributed by atoms with E-state index in [4.69, 9.17) is 0 Å². The van der Waals surface area contributed by atoms with Gasteiger partial charge in [0, 0.05) is 23.7 Å². The first-order valence-corrected chi connectivity index (χ1v) is 6.73. The second kappa shape index (κ2) is 5.77. The molecule has 0 atom stereocenters. The molecule has 0 fully saturated rings. The van der Waals surface area contributed by atoms with Gasteiger partial charge in [-0.2, -0.15) is 0 Å². The molecular formula is C12H17N5S. The van der Waals surface area contributed by atoms with Crippen molar-refractivity contribution in [1.29, 1.82) is 0 Å². The fraction of sp³-hybridized carbons (Fsp3) is 0.417. The van der Waals surface area contributed by atoms with Gasteiger partial charge >= 0.3 is 0 Å². The lowest BCUT2D eigenvalue weighted by molar-refractivity contribution is 1.01. The molecule has 2 rings (SSSR count). The molecular weight excluding hydrogens is 246 g/mol. The summed E-state index contributed by atoms with van der Waals surface area (Å²) in [4.78, 5) is 14.2. The third kappa shape index (κ3) is 3.40. The molecule has 0 spiro atoms. The number of anilines is 2. The summed E-state index contributed by atoms with van der Waals surface area (Å²) in [7, 11) is 0. The van der Waals surface area contributed by atoms with Crippen LogP contribution in [0.15, 0.2) is 12.3 Å². The Labute approximate surface area is 111 Å². The number of nitrogens with one attached hydrogen (secondary N) is 2. The van der Waals surface area contributed by atoms with E-state index in [0.717, 1.165) is 29.0 Å². The van der Waals surface area contributed by atoms with Crippen LogP contribution in [0.1, 0.15) is 22.6 Å². The minimum Gasteiger partial charge on any atom is -0.370 e. The Balaban J connectivity index is 2.04. The fourth-order valence-electron chi connectivity index (χ4n) is 1.58. The molecule has 0 unspecified atom stereocenters. The molecule has 6 heteroatoms. The Hall–Kier alpha value is -1.69. The number of hydrogen-bond donors (Lipinski definition) is 2. The third-order valence-electron chi connectivity index (χ3n) is 2.29. The molecule has 18 heavy (non-hydrogen) atoms. The lowest BCUT2D eigenvalue weighted by atomic mass is 10.4. The highest BCUT2D eigenvalue weighted by atomic mass is 32.1. The van der Waals surface area contributed by atoms with Gasteiger partial charge in [-0.15, -0.1) is 11.3 Å². The molecule has 0 aliphatic rings.